The van der Waals surface area contributed by atoms with E-state index < -0.39 is 0 Å². The van der Waals surface area contributed by atoms with Crippen LogP contribution < -0.4 is 16.0 Å². The summed E-state index contributed by atoms with van der Waals surface area (Å²) in [4.78, 5) is 34.8. The summed E-state index contributed by atoms with van der Waals surface area (Å²) in [6.45, 7) is 1.82. The molecule has 6 nitrogen and oxygen atoms in total. The van der Waals surface area contributed by atoms with Crippen molar-refractivity contribution in [3.8, 4) is 0 Å². The number of benzene rings is 2. The second-order valence-corrected chi connectivity index (χ2v) is 5.98. The van der Waals surface area contributed by atoms with Crippen molar-refractivity contribution in [1.82, 2.24) is 5.32 Å². The standard InChI is InChI=1S/C19H19N3O3/c1-12(23)21-16-4-2-3-15(10-16)19(25)20-11-13-5-7-17-14(9-13)6-8-18(24)22-17/h2-5,7,9-10H,6,8,11H2,1H3,(H,20,25)(H,21,23)(H,22,24). The Kier molecular flexibility index (Phi) is 4.79. The molecule has 3 rings (SSSR count). The van der Waals surface area contributed by atoms with Crippen LogP contribution in [0.1, 0.15) is 34.8 Å². The van der Waals surface area contributed by atoms with Crippen LogP contribution in [0.25, 0.3) is 0 Å². The largest absolute Gasteiger partial charge is 0.348 e. The molecule has 3 amide bonds. The van der Waals surface area contributed by atoms with Gasteiger partial charge in [-0.25, -0.2) is 0 Å². The van der Waals surface area contributed by atoms with E-state index in [1.807, 2.05) is 18.2 Å². The van der Waals surface area contributed by atoms with Gasteiger partial charge in [0.2, 0.25) is 11.8 Å². The number of hydrogen-bond donors (Lipinski definition) is 3. The maximum Gasteiger partial charge on any atom is 0.251 e. The Morgan fingerprint density at radius 3 is 2.76 bits per heavy atom. The number of carbonyl (C=O) groups excluding carboxylic acids is 3. The van der Waals surface area contributed by atoms with Crippen molar-refractivity contribution in [1.29, 1.82) is 0 Å². The minimum Gasteiger partial charge on any atom is -0.348 e. The lowest BCUT2D eigenvalue weighted by atomic mass is 10.0. The second-order valence-electron chi connectivity index (χ2n) is 5.98. The van der Waals surface area contributed by atoms with Crippen molar-refractivity contribution < 1.29 is 14.4 Å². The van der Waals surface area contributed by atoms with Crippen LogP contribution in [0.4, 0.5) is 11.4 Å². The van der Waals surface area contributed by atoms with Crippen molar-refractivity contribution in [2.45, 2.75) is 26.3 Å². The number of carbonyl (C=O) groups is 3. The molecule has 128 valence electrons. The molecule has 1 aliphatic heterocycles. The van der Waals surface area contributed by atoms with Crippen LogP contribution in [0.5, 0.6) is 0 Å². The van der Waals surface area contributed by atoms with Gasteiger partial charge in [0.15, 0.2) is 0 Å². The van der Waals surface area contributed by atoms with E-state index in [2.05, 4.69) is 16.0 Å². The summed E-state index contributed by atoms with van der Waals surface area (Å²) in [5.41, 5.74) is 3.97. The summed E-state index contributed by atoms with van der Waals surface area (Å²) in [7, 11) is 0. The van der Waals surface area contributed by atoms with Crippen LogP contribution in [0.3, 0.4) is 0 Å². The fourth-order valence-electron chi connectivity index (χ4n) is 2.77. The summed E-state index contributed by atoms with van der Waals surface area (Å²) >= 11 is 0. The molecule has 0 fully saturated rings. The lowest BCUT2D eigenvalue weighted by molar-refractivity contribution is -0.116. The second kappa shape index (κ2) is 7.17. The van der Waals surface area contributed by atoms with Gasteiger partial charge in [0, 0.05) is 36.8 Å². The van der Waals surface area contributed by atoms with Crippen LogP contribution in [-0.4, -0.2) is 17.7 Å². The highest BCUT2D eigenvalue weighted by molar-refractivity contribution is 5.97. The van der Waals surface area contributed by atoms with Crippen molar-refractivity contribution in [2.75, 3.05) is 10.6 Å². The van der Waals surface area contributed by atoms with Crippen molar-refractivity contribution >= 4 is 29.1 Å². The van der Waals surface area contributed by atoms with Crippen LogP contribution in [0.2, 0.25) is 0 Å². The van der Waals surface area contributed by atoms with E-state index in [4.69, 9.17) is 0 Å². The summed E-state index contributed by atoms with van der Waals surface area (Å²) in [5, 5.41) is 8.37. The third kappa shape index (κ3) is 4.23. The third-order valence-corrected chi connectivity index (χ3v) is 3.96. The van der Waals surface area contributed by atoms with Crippen LogP contribution in [-0.2, 0) is 22.6 Å². The van der Waals surface area contributed by atoms with E-state index in [0.717, 1.165) is 16.8 Å². The summed E-state index contributed by atoms with van der Waals surface area (Å²) in [6.07, 6.45) is 1.19. The summed E-state index contributed by atoms with van der Waals surface area (Å²) < 4.78 is 0. The highest BCUT2D eigenvalue weighted by atomic mass is 16.2. The van der Waals surface area contributed by atoms with Gasteiger partial charge in [-0.3, -0.25) is 14.4 Å². The third-order valence-electron chi connectivity index (χ3n) is 3.96. The topological polar surface area (TPSA) is 87.3 Å². The molecule has 25 heavy (non-hydrogen) atoms. The quantitative estimate of drug-likeness (QED) is 0.801. The Morgan fingerprint density at radius 2 is 1.96 bits per heavy atom. The van der Waals surface area contributed by atoms with Crippen molar-refractivity contribution in [2.24, 2.45) is 0 Å². The smallest absolute Gasteiger partial charge is 0.251 e. The molecule has 6 heteroatoms. The van der Waals surface area contributed by atoms with Gasteiger partial charge in [0.05, 0.1) is 0 Å². The van der Waals surface area contributed by atoms with E-state index in [1.165, 1.54) is 6.92 Å². The minimum atomic E-state index is -0.210. The molecule has 0 bridgehead atoms. The Bertz CT molecular complexity index is 846. The van der Waals surface area contributed by atoms with Gasteiger partial charge in [-0.2, -0.15) is 0 Å². The molecule has 0 aromatic heterocycles. The molecule has 1 aliphatic rings. The molecular formula is C19H19N3O3. The van der Waals surface area contributed by atoms with Gasteiger partial charge >= 0.3 is 0 Å². The van der Waals surface area contributed by atoms with E-state index in [9.17, 15) is 14.4 Å². The Labute approximate surface area is 145 Å². The highest BCUT2D eigenvalue weighted by Gasteiger charge is 2.15. The molecule has 2 aromatic carbocycles. The maximum absolute atomic E-state index is 12.3. The number of rotatable bonds is 4. The lowest BCUT2D eigenvalue weighted by Gasteiger charge is -2.17. The SMILES string of the molecule is CC(=O)Nc1cccc(C(=O)NCc2ccc3c(c2)CCC(=O)N3)c1. The van der Waals surface area contributed by atoms with Gasteiger partial charge in [0.1, 0.15) is 0 Å². The monoisotopic (exact) mass is 337 g/mol. The van der Waals surface area contributed by atoms with Gasteiger partial charge in [-0.05, 0) is 41.8 Å². The van der Waals surface area contributed by atoms with E-state index in [-0.39, 0.29) is 17.7 Å². The maximum atomic E-state index is 12.3. The zero-order valence-electron chi connectivity index (χ0n) is 13.9. The first-order valence-corrected chi connectivity index (χ1v) is 8.09. The Hall–Kier alpha value is -3.15. The zero-order chi connectivity index (χ0) is 17.8. The fourth-order valence-corrected chi connectivity index (χ4v) is 2.77. The fraction of sp³-hybridized carbons (Fsp3) is 0.211. The van der Waals surface area contributed by atoms with Crippen molar-refractivity contribution in [3.05, 3.63) is 59.2 Å². The van der Waals surface area contributed by atoms with Gasteiger partial charge < -0.3 is 16.0 Å². The summed E-state index contributed by atoms with van der Waals surface area (Å²) in [5.74, 6) is -0.357. The first-order valence-electron chi connectivity index (χ1n) is 8.09. The van der Waals surface area contributed by atoms with Crippen LogP contribution >= 0.6 is 0 Å². The predicted molar refractivity (Wildman–Crippen MR) is 95.3 cm³/mol. The molecular weight excluding hydrogens is 318 g/mol. The van der Waals surface area contributed by atoms with Gasteiger partial charge in [-0.1, -0.05) is 18.2 Å². The highest BCUT2D eigenvalue weighted by Crippen LogP contribution is 2.23. The summed E-state index contributed by atoms with van der Waals surface area (Å²) in [6, 6.07) is 12.5. The van der Waals surface area contributed by atoms with Gasteiger partial charge in [-0.15, -0.1) is 0 Å². The van der Waals surface area contributed by atoms with Crippen LogP contribution in [0, 0.1) is 0 Å². The number of aryl methyl sites for hydroxylation is 1. The molecule has 1 heterocycles. The molecule has 3 N–H and O–H groups in total. The molecule has 0 saturated heterocycles. The van der Waals surface area contributed by atoms with E-state index >= 15 is 0 Å². The molecule has 0 spiro atoms. The zero-order valence-corrected chi connectivity index (χ0v) is 13.9. The molecule has 0 unspecified atom stereocenters. The number of amides is 3. The van der Waals surface area contributed by atoms with E-state index in [0.29, 0.717) is 30.6 Å². The first-order chi connectivity index (χ1) is 12.0. The Morgan fingerprint density at radius 1 is 1.12 bits per heavy atom. The number of fused-ring (bicyclic) bond motifs is 1. The molecule has 0 saturated carbocycles. The average Bonchev–Trinajstić information content (AvgIpc) is 2.59. The van der Waals surface area contributed by atoms with E-state index in [1.54, 1.807) is 24.3 Å². The molecule has 2 aromatic rings. The molecule has 0 aliphatic carbocycles. The first kappa shape index (κ1) is 16.7. The molecule has 0 atom stereocenters. The number of anilines is 2. The Balaban J connectivity index is 1.64. The number of nitrogens with one attached hydrogen (secondary N) is 3. The average molecular weight is 337 g/mol. The van der Waals surface area contributed by atoms with Crippen LogP contribution in [0.15, 0.2) is 42.5 Å². The van der Waals surface area contributed by atoms with Crippen molar-refractivity contribution in [3.63, 3.8) is 0 Å². The molecule has 0 radical (unpaired) electrons. The lowest BCUT2D eigenvalue weighted by Crippen LogP contribution is -2.23. The predicted octanol–water partition coefficient (Wildman–Crippen LogP) is 2.46. The van der Waals surface area contributed by atoms with Gasteiger partial charge in [0.25, 0.3) is 5.91 Å². The normalized spacial score (nSPS) is 12.8. The number of hydrogen-bond acceptors (Lipinski definition) is 3. The minimum absolute atomic E-state index is 0.0348.